The van der Waals surface area contributed by atoms with Gasteiger partial charge in [0.05, 0.1) is 38.1 Å². The number of amides is 1. The number of esters is 1. The third-order valence-electron chi connectivity index (χ3n) is 5.92. The van der Waals surface area contributed by atoms with Gasteiger partial charge in [-0.3, -0.25) is 4.79 Å². The van der Waals surface area contributed by atoms with Gasteiger partial charge in [0.2, 0.25) is 0 Å². The second kappa shape index (κ2) is 9.36. The van der Waals surface area contributed by atoms with Crippen molar-refractivity contribution in [2.75, 3.05) is 25.7 Å². The highest BCUT2D eigenvalue weighted by atomic mass is 16.5. The van der Waals surface area contributed by atoms with Gasteiger partial charge in [-0.05, 0) is 49.2 Å². The Labute approximate surface area is 193 Å². The molecule has 0 spiro atoms. The number of benzene rings is 2. The van der Waals surface area contributed by atoms with Gasteiger partial charge in [0.25, 0.3) is 5.91 Å². The number of nitrogens with one attached hydrogen (secondary N) is 1. The molecular weight excluding hydrogens is 420 g/mol. The lowest BCUT2D eigenvalue weighted by Crippen LogP contribution is -2.29. The van der Waals surface area contributed by atoms with Crippen molar-refractivity contribution in [3.05, 3.63) is 76.5 Å². The quantitative estimate of drug-likeness (QED) is 0.557. The molecule has 0 radical (unpaired) electrons. The predicted molar refractivity (Wildman–Crippen MR) is 125 cm³/mol. The molecule has 1 aliphatic rings. The number of rotatable bonds is 7. The molecular formula is C25H28N4O4. The van der Waals surface area contributed by atoms with E-state index >= 15 is 0 Å². The Bertz CT molecular complexity index is 1150. The summed E-state index contributed by atoms with van der Waals surface area (Å²) in [5.41, 5.74) is 3.80. The molecule has 2 heterocycles. The van der Waals surface area contributed by atoms with E-state index < -0.39 is 0 Å². The first-order valence-electron chi connectivity index (χ1n) is 10.9. The minimum absolute atomic E-state index is 0.167. The van der Waals surface area contributed by atoms with Gasteiger partial charge >= 0.3 is 5.97 Å². The summed E-state index contributed by atoms with van der Waals surface area (Å²) < 4.78 is 11.9. The summed E-state index contributed by atoms with van der Waals surface area (Å²) in [6.45, 7) is 5.99. The van der Waals surface area contributed by atoms with Gasteiger partial charge in [0.1, 0.15) is 17.1 Å². The second-order valence-corrected chi connectivity index (χ2v) is 8.09. The average molecular weight is 449 g/mol. The van der Waals surface area contributed by atoms with Gasteiger partial charge in [0, 0.05) is 13.1 Å². The van der Waals surface area contributed by atoms with Crippen LogP contribution in [0, 0.1) is 6.92 Å². The van der Waals surface area contributed by atoms with E-state index in [1.807, 2.05) is 54.9 Å². The summed E-state index contributed by atoms with van der Waals surface area (Å²) in [6.07, 6.45) is 0. The molecule has 2 aromatic carbocycles. The van der Waals surface area contributed by atoms with Gasteiger partial charge in [-0.15, -0.1) is 0 Å². The number of carbonyl (C=O) groups excluding carboxylic acids is 2. The molecule has 0 bridgehead atoms. The molecule has 8 heteroatoms. The van der Waals surface area contributed by atoms with E-state index in [9.17, 15) is 9.59 Å². The monoisotopic (exact) mass is 448 g/mol. The molecule has 0 unspecified atom stereocenters. The van der Waals surface area contributed by atoms with Crippen LogP contribution in [0.5, 0.6) is 5.75 Å². The summed E-state index contributed by atoms with van der Waals surface area (Å²) in [5.74, 6) is 1.10. The van der Waals surface area contributed by atoms with Crippen LogP contribution in [-0.2, 0) is 17.8 Å². The van der Waals surface area contributed by atoms with E-state index in [-0.39, 0.29) is 17.9 Å². The summed E-state index contributed by atoms with van der Waals surface area (Å²) >= 11 is 0. The second-order valence-electron chi connectivity index (χ2n) is 8.09. The first-order valence-corrected chi connectivity index (χ1v) is 10.9. The topological polar surface area (TPSA) is 85.7 Å². The molecule has 33 heavy (non-hydrogen) atoms. The Kier molecular flexibility index (Phi) is 6.35. The summed E-state index contributed by atoms with van der Waals surface area (Å²) in [7, 11) is 3.00. The summed E-state index contributed by atoms with van der Waals surface area (Å²) in [5, 5.41) is 7.67. The number of ether oxygens (including phenoxy) is 2. The molecule has 1 atom stereocenters. The van der Waals surface area contributed by atoms with Crippen LogP contribution in [0.15, 0.2) is 48.5 Å². The number of hydrogen-bond acceptors (Lipinski definition) is 6. The normalized spacial score (nSPS) is 13.4. The van der Waals surface area contributed by atoms with Gasteiger partial charge in [0.15, 0.2) is 0 Å². The summed E-state index contributed by atoms with van der Waals surface area (Å²) in [6, 6.07) is 14.7. The van der Waals surface area contributed by atoms with Crippen LogP contribution in [0.1, 0.15) is 50.5 Å². The van der Waals surface area contributed by atoms with Crippen LogP contribution in [0.2, 0.25) is 0 Å². The maximum absolute atomic E-state index is 13.3. The molecule has 1 aromatic heterocycles. The van der Waals surface area contributed by atoms with Crippen LogP contribution in [-0.4, -0.2) is 42.4 Å². The van der Waals surface area contributed by atoms with Crippen molar-refractivity contribution in [1.29, 1.82) is 0 Å². The van der Waals surface area contributed by atoms with Crippen LogP contribution in [0.4, 0.5) is 5.82 Å². The van der Waals surface area contributed by atoms with Crippen molar-refractivity contribution in [1.82, 2.24) is 15.1 Å². The SMILES string of the molecule is COC(=O)c1ccc([C@H](C)NC(=O)c2c(C)nn3c2N(Cc2ccc(OC)cc2)CC3)cc1. The van der Waals surface area contributed by atoms with E-state index in [2.05, 4.69) is 15.3 Å². The van der Waals surface area contributed by atoms with E-state index in [0.717, 1.165) is 35.8 Å². The van der Waals surface area contributed by atoms with Crippen molar-refractivity contribution in [3.8, 4) is 5.75 Å². The van der Waals surface area contributed by atoms with Gasteiger partial charge in [-0.2, -0.15) is 5.10 Å². The smallest absolute Gasteiger partial charge is 0.337 e. The Morgan fingerprint density at radius 3 is 2.39 bits per heavy atom. The Morgan fingerprint density at radius 1 is 1.06 bits per heavy atom. The van der Waals surface area contributed by atoms with Crippen LogP contribution in [0.25, 0.3) is 0 Å². The lowest BCUT2D eigenvalue weighted by atomic mass is 10.1. The van der Waals surface area contributed by atoms with E-state index in [1.165, 1.54) is 7.11 Å². The lowest BCUT2D eigenvalue weighted by Gasteiger charge is -2.20. The molecule has 172 valence electrons. The minimum atomic E-state index is -0.388. The average Bonchev–Trinajstić information content (AvgIpc) is 3.36. The van der Waals surface area contributed by atoms with Crippen LogP contribution < -0.4 is 15.0 Å². The number of aromatic nitrogens is 2. The molecule has 0 aliphatic carbocycles. The van der Waals surface area contributed by atoms with Gasteiger partial charge in [-0.1, -0.05) is 24.3 Å². The van der Waals surface area contributed by atoms with E-state index in [0.29, 0.717) is 23.4 Å². The third kappa shape index (κ3) is 4.55. The molecule has 1 N–H and O–H groups in total. The molecule has 0 saturated carbocycles. The number of carbonyl (C=O) groups is 2. The highest BCUT2D eigenvalue weighted by Gasteiger charge is 2.30. The zero-order valence-corrected chi connectivity index (χ0v) is 19.3. The van der Waals surface area contributed by atoms with Crippen LogP contribution >= 0.6 is 0 Å². The fourth-order valence-corrected chi connectivity index (χ4v) is 4.12. The Hall–Kier alpha value is -3.81. The molecule has 1 aliphatic heterocycles. The van der Waals surface area contributed by atoms with Crippen molar-refractivity contribution in [3.63, 3.8) is 0 Å². The zero-order chi connectivity index (χ0) is 23.5. The lowest BCUT2D eigenvalue weighted by molar-refractivity contribution is 0.0600. The number of methoxy groups -OCH3 is 2. The standard InChI is InChI=1S/C25H28N4O4/c1-16(19-7-9-20(10-8-19)25(31)33-4)26-23(30)22-17(2)27-29-14-13-28(24(22)29)15-18-5-11-21(32-3)12-6-18/h5-12,16H,13-15H2,1-4H3,(H,26,30)/t16-/m0/s1. The number of anilines is 1. The van der Waals surface area contributed by atoms with E-state index in [1.54, 1.807) is 19.2 Å². The fourth-order valence-electron chi connectivity index (χ4n) is 4.12. The molecule has 0 fully saturated rings. The zero-order valence-electron chi connectivity index (χ0n) is 19.3. The van der Waals surface area contributed by atoms with E-state index in [4.69, 9.17) is 9.47 Å². The fraction of sp³-hybridized carbons (Fsp3) is 0.320. The van der Waals surface area contributed by atoms with Gasteiger partial charge < -0.3 is 19.7 Å². The third-order valence-corrected chi connectivity index (χ3v) is 5.92. The first-order chi connectivity index (χ1) is 15.9. The number of fused-ring (bicyclic) bond motifs is 1. The molecule has 0 saturated heterocycles. The molecule has 3 aromatic rings. The van der Waals surface area contributed by atoms with Gasteiger partial charge in [-0.25, -0.2) is 9.48 Å². The molecule has 8 nitrogen and oxygen atoms in total. The summed E-state index contributed by atoms with van der Waals surface area (Å²) in [4.78, 5) is 27.1. The van der Waals surface area contributed by atoms with Crippen molar-refractivity contribution < 1.29 is 19.1 Å². The minimum Gasteiger partial charge on any atom is -0.497 e. The van der Waals surface area contributed by atoms with Crippen molar-refractivity contribution in [2.24, 2.45) is 0 Å². The Balaban J connectivity index is 1.51. The number of hydrogen-bond donors (Lipinski definition) is 1. The maximum atomic E-state index is 13.3. The largest absolute Gasteiger partial charge is 0.497 e. The molecule has 1 amide bonds. The Morgan fingerprint density at radius 2 is 1.76 bits per heavy atom. The predicted octanol–water partition coefficient (Wildman–Crippen LogP) is 3.50. The number of nitrogens with zero attached hydrogens (tertiary/aromatic N) is 3. The highest BCUT2D eigenvalue weighted by Crippen LogP contribution is 2.30. The maximum Gasteiger partial charge on any atom is 0.337 e. The van der Waals surface area contributed by atoms with Crippen molar-refractivity contribution in [2.45, 2.75) is 33.0 Å². The first kappa shape index (κ1) is 22.4. The molecule has 4 rings (SSSR count). The highest BCUT2D eigenvalue weighted by molar-refractivity contribution is 6.00. The number of aryl methyl sites for hydroxylation is 1. The van der Waals surface area contributed by atoms with Crippen molar-refractivity contribution >= 4 is 17.7 Å². The van der Waals surface area contributed by atoms with Crippen LogP contribution in [0.3, 0.4) is 0 Å².